The first-order valence-corrected chi connectivity index (χ1v) is 3.69. The van der Waals surface area contributed by atoms with Crippen molar-refractivity contribution in [3.8, 4) is 0 Å². The molecule has 0 aromatic rings. The summed E-state index contributed by atoms with van der Waals surface area (Å²) in [5.74, 6) is 0.762. The summed E-state index contributed by atoms with van der Waals surface area (Å²) in [6.07, 6.45) is 4.62. The minimum atomic E-state index is 0.762. The zero-order valence-electron chi connectivity index (χ0n) is 6.43. The Balaban J connectivity index is 1.98. The Morgan fingerprint density at radius 3 is 3.00 bits per heavy atom. The highest BCUT2D eigenvalue weighted by molar-refractivity contribution is 5.63. The van der Waals surface area contributed by atoms with Gasteiger partial charge in [-0.15, -0.1) is 0 Å². The van der Waals surface area contributed by atoms with Crippen molar-refractivity contribution in [1.29, 1.82) is 0 Å². The lowest BCUT2D eigenvalue weighted by Gasteiger charge is -1.96. The molecule has 0 atom stereocenters. The number of rotatable bonds is 4. The van der Waals surface area contributed by atoms with E-state index in [4.69, 9.17) is 0 Å². The third-order valence-corrected chi connectivity index (χ3v) is 1.38. The first-order chi connectivity index (χ1) is 4.79. The van der Waals surface area contributed by atoms with Gasteiger partial charge in [0.05, 0.1) is 6.54 Å². The maximum Gasteiger partial charge on any atom is 0.0534 e. The van der Waals surface area contributed by atoms with Gasteiger partial charge in [-0.2, -0.15) is 5.10 Å². The number of nitrogens with one attached hydrogen (secondary N) is 1. The van der Waals surface area contributed by atoms with Crippen molar-refractivity contribution >= 4 is 6.21 Å². The van der Waals surface area contributed by atoms with Crippen LogP contribution in [-0.4, -0.2) is 12.8 Å². The van der Waals surface area contributed by atoms with E-state index in [2.05, 4.69) is 17.1 Å². The van der Waals surface area contributed by atoms with Gasteiger partial charge in [-0.1, -0.05) is 12.2 Å². The third-order valence-electron chi connectivity index (χ3n) is 1.38. The van der Waals surface area contributed by atoms with Crippen LogP contribution in [0.1, 0.15) is 19.8 Å². The number of hydrogen-bond acceptors (Lipinski definition) is 2. The van der Waals surface area contributed by atoms with Gasteiger partial charge >= 0.3 is 0 Å². The van der Waals surface area contributed by atoms with Gasteiger partial charge in [0.1, 0.15) is 0 Å². The van der Waals surface area contributed by atoms with Gasteiger partial charge in [0.25, 0.3) is 0 Å². The standard InChI is InChI=1S/C8H14N2/c1-7(2)5-9-10-6-8-3-4-8/h6,8-9H,1,3-5H2,2H3/b10-6+. The van der Waals surface area contributed by atoms with Crippen molar-refractivity contribution in [3.05, 3.63) is 12.2 Å². The van der Waals surface area contributed by atoms with Crippen LogP contribution in [0.4, 0.5) is 0 Å². The van der Waals surface area contributed by atoms with Gasteiger partial charge in [0.2, 0.25) is 0 Å². The number of nitrogens with zero attached hydrogens (tertiary/aromatic N) is 1. The molecular weight excluding hydrogens is 124 g/mol. The SMILES string of the molecule is C=C(C)CN/N=C/C1CC1. The van der Waals surface area contributed by atoms with Crippen molar-refractivity contribution in [2.45, 2.75) is 19.8 Å². The van der Waals surface area contributed by atoms with E-state index < -0.39 is 0 Å². The lowest BCUT2D eigenvalue weighted by Crippen LogP contribution is -2.07. The van der Waals surface area contributed by atoms with Gasteiger partial charge < -0.3 is 5.43 Å². The van der Waals surface area contributed by atoms with Gasteiger partial charge in [0, 0.05) is 6.21 Å². The number of hydrogen-bond donors (Lipinski definition) is 1. The molecule has 0 spiro atoms. The topological polar surface area (TPSA) is 24.4 Å². The van der Waals surface area contributed by atoms with Crippen LogP contribution in [0.25, 0.3) is 0 Å². The number of hydrazone groups is 1. The molecule has 56 valence electrons. The third kappa shape index (κ3) is 3.28. The predicted molar refractivity (Wildman–Crippen MR) is 44.0 cm³/mol. The summed E-state index contributed by atoms with van der Waals surface area (Å²) in [7, 11) is 0. The molecule has 1 rings (SSSR count). The molecule has 0 heterocycles. The normalized spacial score (nSPS) is 17.7. The molecule has 0 aromatic heterocycles. The van der Waals surface area contributed by atoms with E-state index in [1.54, 1.807) is 0 Å². The summed E-state index contributed by atoms with van der Waals surface area (Å²) >= 11 is 0. The second-order valence-corrected chi connectivity index (χ2v) is 2.91. The molecule has 1 N–H and O–H groups in total. The first kappa shape index (κ1) is 7.32. The smallest absolute Gasteiger partial charge is 0.0534 e. The molecule has 0 saturated heterocycles. The van der Waals surface area contributed by atoms with Crippen LogP contribution in [0.5, 0.6) is 0 Å². The molecule has 0 aliphatic heterocycles. The van der Waals surface area contributed by atoms with Gasteiger partial charge in [-0.3, -0.25) is 0 Å². The second-order valence-electron chi connectivity index (χ2n) is 2.91. The summed E-state index contributed by atoms with van der Waals surface area (Å²) in [5.41, 5.74) is 4.04. The maximum atomic E-state index is 4.04. The van der Waals surface area contributed by atoms with E-state index in [-0.39, 0.29) is 0 Å². The average molecular weight is 138 g/mol. The van der Waals surface area contributed by atoms with Crippen LogP contribution in [0.2, 0.25) is 0 Å². The Labute approximate surface area is 62.0 Å². The summed E-state index contributed by atoms with van der Waals surface area (Å²) in [4.78, 5) is 0. The van der Waals surface area contributed by atoms with Crippen molar-refractivity contribution < 1.29 is 0 Å². The Morgan fingerprint density at radius 2 is 2.50 bits per heavy atom. The summed E-state index contributed by atoms with van der Waals surface area (Å²) in [6, 6.07) is 0. The van der Waals surface area contributed by atoms with Crippen molar-refractivity contribution in [2.24, 2.45) is 11.0 Å². The molecule has 0 radical (unpaired) electrons. The second kappa shape index (κ2) is 3.40. The van der Waals surface area contributed by atoms with E-state index >= 15 is 0 Å². The lowest BCUT2D eigenvalue weighted by molar-refractivity contribution is 0.799. The first-order valence-electron chi connectivity index (χ1n) is 3.69. The largest absolute Gasteiger partial charge is 0.306 e. The van der Waals surface area contributed by atoms with Gasteiger partial charge in [0.15, 0.2) is 0 Å². The van der Waals surface area contributed by atoms with Crippen LogP contribution >= 0.6 is 0 Å². The zero-order valence-corrected chi connectivity index (χ0v) is 6.43. The fraction of sp³-hybridized carbons (Fsp3) is 0.625. The highest BCUT2D eigenvalue weighted by Gasteiger charge is 2.17. The van der Waals surface area contributed by atoms with Crippen LogP contribution in [0.15, 0.2) is 17.3 Å². The highest BCUT2D eigenvalue weighted by atomic mass is 15.3. The van der Waals surface area contributed by atoms with E-state index in [1.807, 2.05) is 13.1 Å². The van der Waals surface area contributed by atoms with E-state index in [1.165, 1.54) is 12.8 Å². The van der Waals surface area contributed by atoms with E-state index in [0.717, 1.165) is 18.0 Å². The molecule has 2 nitrogen and oxygen atoms in total. The molecule has 0 amide bonds. The molecule has 1 fully saturated rings. The lowest BCUT2D eigenvalue weighted by atomic mass is 10.4. The van der Waals surface area contributed by atoms with Crippen LogP contribution in [0.3, 0.4) is 0 Å². The molecular formula is C8H14N2. The van der Waals surface area contributed by atoms with Crippen LogP contribution in [0, 0.1) is 5.92 Å². The zero-order chi connectivity index (χ0) is 7.40. The van der Waals surface area contributed by atoms with Gasteiger partial charge in [-0.05, 0) is 25.7 Å². The Hall–Kier alpha value is -0.790. The fourth-order valence-electron chi connectivity index (χ4n) is 0.584. The molecule has 1 saturated carbocycles. The fourth-order valence-corrected chi connectivity index (χ4v) is 0.584. The summed E-state index contributed by atoms with van der Waals surface area (Å²) < 4.78 is 0. The Bertz CT molecular complexity index is 145. The molecule has 10 heavy (non-hydrogen) atoms. The summed E-state index contributed by atoms with van der Waals surface area (Å²) in [5, 5.41) is 4.04. The molecule has 2 heteroatoms. The average Bonchev–Trinajstić information content (AvgIpc) is 2.62. The molecule has 0 bridgehead atoms. The minimum Gasteiger partial charge on any atom is -0.306 e. The monoisotopic (exact) mass is 138 g/mol. The molecule has 0 unspecified atom stereocenters. The molecule has 1 aliphatic carbocycles. The quantitative estimate of drug-likeness (QED) is 0.356. The van der Waals surface area contributed by atoms with Crippen molar-refractivity contribution in [1.82, 2.24) is 5.43 Å². The van der Waals surface area contributed by atoms with Crippen molar-refractivity contribution in [2.75, 3.05) is 6.54 Å². The van der Waals surface area contributed by atoms with E-state index in [9.17, 15) is 0 Å². The maximum absolute atomic E-state index is 4.04. The Morgan fingerprint density at radius 1 is 1.80 bits per heavy atom. The van der Waals surface area contributed by atoms with Gasteiger partial charge in [-0.25, -0.2) is 0 Å². The van der Waals surface area contributed by atoms with Crippen molar-refractivity contribution in [3.63, 3.8) is 0 Å². The van der Waals surface area contributed by atoms with Crippen LogP contribution < -0.4 is 5.43 Å². The highest BCUT2D eigenvalue weighted by Crippen LogP contribution is 2.25. The molecule has 1 aliphatic rings. The van der Waals surface area contributed by atoms with Crippen LogP contribution in [-0.2, 0) is 0 Å². The summed E-state index contributed by atoms with van der Waals surface area (Å²) in [6.45, 7) is 6.53. The Kier molecular flexibility index (Phi) is 2.49. The van der Waals surface area contributed by atoms with E-state index in [0.29, 0.717) is 0 Å². The molecule has 0 aromatic carbocycles. The predicted octanol–water partition coefficient (Wildman–Crippen LogP) is 1.55. The minimum absolute atomic E-state index is 0.762.